The Hall–Kier alpha value is -1.51. The summed E-state index contributed by atoms with van der Waals surface area (Å²) in [5, 5.41) is 9.69. The molecule has 0 bridgehead atoms. The number of rotatable bonds is 1. The molecule has 1 aliphatic rings. The predicted octanol–water partition coefficient (Wildman–Crippen LogP) is 1.95. The Labute approximate surface area is 89.3 Å². The number of phenols is 1. The van der Waals surface area contributed by atoms with Crippen molar-refractivity contribution in [1.82, 2.24) is 0 Å². The van der Waals surface area contributed by atoms with Gasteiger partial charge in [0.1, 0.15) is 11.5 Å². The van der Waals surface area contributed by atoms with Gasteiger partial charge < -0.3 is 10.0 Å². The molecule has 15 heavy (non-hydrogen) atoms. The topological polar surface area (TPSA) is 40.5 Å². The third-order valence-electron chi connectivity index (χ3n) is 2.77. The number of hydrogen-bond donors (Lipinski definition) is 1. The van der Waals surface area contributed by atoms with E-state index in [2.05, 4.69) is 4.90 Å². The van der Waals surface area contributed by atoms with Crippen molar-refractivity contribution in [3.8, 4) is 5.75 Å². The maximum Gasteiger partial charge on any atom is 0.138 e. The van der Waals surface area contributed by atoms with Gasteiger partial charge >= 0.3 is 0 Å². The van der Waals surface area contributed by atoms with E-state index in [0.717, 1.165) is 25.2 Å². The van der Waals surface area contributed by atoms with Crippen molar-refractivity contribution < 1.29 is 9.90 Å². The molecule has 0 radical (unpaired) electrons. The standard InChI is InChI=1S/C12H15NO2/c14-10-4-3-8-13(9-7-10)11-5-1-2-6-12(11)15/h1-2,5-6,15H,3-4,7-9H2. The summed E-state index contributed by atoms with van der Waals surface area (Å²) in [6, 6.07) is 7.29. The number of para-hydroxylation sites is 2. The van der Waals surface area contributed by atoms with E-state index in [1.165, 1.54) is 0 Å². The monoisotopic (exact) mass is 205 g/mol. The summed E-state index contributed by atoms with van der Waals surface area (Å²) >= 11 is 0. The summed E-state index contributed by atoms with van der Waals surface area (Å²) in [4.78, 5) is 13.3. The lowest BCUT2D eigenvalue weighted by Crippen LogP contribution is -2.24. The summed E-state index contributed by atoms with van der Waals surface area (Å²) in [6.07, 6.45) is 2.14. The van der Waals surface area contributed by atoms with Crippen LogP contribution in [0, 0.1) is 0 Å². The largest absolute Gasteiger partial charge is 0.506 e. The normalized spacial score (nSPS) is 17.6. The molecule has 3 nitrogen and oxygen atoms in total. The van der Waals surface area contributed by atoms with Crippen molar-refractivity contribution >= 4 is 11.5 Å². The number of phenolic OH excluding ortho intramolecular Hbond substituents is 1. The summed E-state index contributed by atoms with van der Waals surface area (Å²) in [5.41, 5.74) is 0.840. The number of ketones is 1. The van der Waals surface area contributed by atoms with Gasteiger partial charge in [-0.3, -0.25) is 4.79 Å². The van der Waals surface area contributed by atoms with Gasteiger partial charge in [0.25, 0.3) is 0 Å². The molecule has 2 rings (SSSR count). The molecular weight excluding hydrogens is 190 g/mol. The maximum atomic E-state index is 11.3. The summed E-state index contributed by atoms with van der Waals surface area (Å²) in [6.45, 7) is 1.57. The number of carbonyl (C=O) groups excluding carboxylic acids is 1. The first-order chi connectivity index (χ1) is 7.27. The van der Waals surface area contributed by atoms with E-state index >= 15 is 0 Å². The van der Waals surface area contributed by atoms with Crippen molar-refractivity contribution in [2.75, 3.05) is 18.0 Å². The van der Waals surface area contributed by atoms with E-state index in [9.17, 15) is 9.90 Å². The smallest absolute Gasteiger partial charge is 0.138 e. The first-order valence-electron chi connectivity index (χ1n) is 5.32. The number of hydrogen-bond acceptors (Lipinski definition) is 3. The van der Waals surface area contributed by atoms with Crippen LogP contribution >= 0.6 is 0 Å². The van der Waals surface area contributed by atoms with Gasteiger partial charge in [-0.15, -0.1) is 0 Å². The average Bonchev–Trinajstić information content (AvgIpc) is 2.44. The lowest BCUT2D eigenvalue weighted by molar-refractivity contribution is -0.118. The zero-order valence-electron chi connectivity index (χ0n) is 8.65. The second-order valence-corrected chi connectivity index (χ2v) is 3.87. The molecule has 0 saturated carbocycles. The highest BCUT2D eigenvalue weighted by Gasteiger charge is 2.16. The Morgan fingerprint density at radius 3 is 2.73 bits per heavy atom. The Kier molecular flexibility index (Phi) is 2.90. The molecule has 0 aliphatic carbocycles. The van der Waals surface area contributed by atoms with E-state index in [0.29, 0.717) is 24.4 Å². The second-order valence-electron chi connectivity index (χ2n) is 3.87. The molecule has 0 atom stereocenters. The van der Waals surface area contributed by atoms with Crippen molar-refractivity contribution in [1.29, 1.82) is 0 Å². The molecule has 80 valence electrons. The molecule has 1 saturated heterocycles. The first-order valence-corrected chi connectivity index (χ1v) is 5.32. The molecule has 1 heterocycles. The molecule has 1 aromatic rings. The van der Waals surface area contributed by atoms with E-state index in [1.807, 2.05) is 18.2 Å². The second kappa shape index (κ2) is 4.34. The van der Waals surface area contributed by atoms with Gasteiger partial charge in [-0.1, -0.05) is 12.1 Å². The quantitative estimate of drug-likeness (QED) is 0.761. The zero-order valence-corrected chi connectivity index (χ0v) is 8.65. The van der Waals surface area contributed by atoms with Crippen molar-refractivity contribution in [2.24, 2.45) is 0 Å². The van der Waals surface area contributed by atoms with Crippen LogP contribution in [0.5, 0.6) is 5.75 Å². The van der Waals surface area contributed by atoms with E-state index < -0.39 is 0 Å². The number of anilines is 1. The van der Waals surface area contributed by atoms with Crippen molar-refractivity contribution in [3.05, 3.63) is 24.3 Å². The molecule has 0 aromatic heterocycles. The van der Waals surface area contributed by atoms with Gasteiger partial charge in [-0.2, -0.15) is 0 Å². The lowest BCUT2D eigenvalue weighted by Gasteiger charge is -2.22. The van der Waals surface area contributed by atoms with Crippen LogP contribution in [0.3, 0.4) is 0 Å². The van der Waals surface area contributed by atoms with Crippen LogP contribution in [0.2, 0.25) is 0 Å². The van der Waals surface area contributed by atoms with Gasteiger partial charge in [-0.05, 0) is 18.6 Å². The van der Waals surface area contributed by atoms with Crippen LogP contribution in [-0.2, 0) is 4.79 Å². The molecule has 0 spiro atoms. The molecule has 1 aromatic carbocycles. The third-order valence-corrected chi connectivity index (χ3v) is 2.77. The van der Waals surface area contributed by atoms with E-state index in [1.54, 1.807) is 6.07 Å². The summed E-state index contributed by atoms with van der Waals surface area (Å²) < 4.78 is 0. The lowest BCUT2D eigenvalue weighted by atomic mass is 10.2. The van der Waals surface area contributed by atoms with Crippen LogP contribution < -0.4 is 4.90 Å². The van der Waals surface area contributed by atoms with Crippen molar-refractivity contribution in [3.63, 3.8) is 0 Å². The van der Waals surface area contributed by atoms with E-state index in [4.69, 9.17) is 0 Å². The van der Waals surface area contributed by atoms with Crippen molar-refractivity contribution in [2.45, 2.75) is 19.3 Å². The highest BCUT2D eigenvalue weighted by Crippen LogP contribution is 2.27. The van der Waals surface area contributed by atoms with Crippen LogP contribution in [0.25, 0.3) is 0 Å². The van der Waals surface area contributed by atoms with Gasteiger partial charge in [0.15, 0.2) is 0 Å². The minimum Gasteiger partial charge on any atom is -0.506 e. The Balaban J connectivity index is 2.16. The van der Waals surface area contributed by atoms with Crippen LogP contribution in [0.1, 0.15) is 19.3 Å². The minimum absolute atomic E-state index is 0.298. The number of Topliss-reactive ketones (excluding diaryl/α,β-unsaturated/α-hetero) is 1. The summed E-state index contributed by atoms with van der Waals surface area (Å²) in [5.74, 6) is 0.625. The molecular formula is C12H15NO2. The molecule has 1 N–H and O–H groups in total. The van der Waals surface area contributed by atoms with Gasteiger partial charge in [-0.25, -0.2) is 0 Å². The highest BCUT2D eigenvalue weighted by atomic mass is 16.3. The Morgan fingerprint density at radius 2 is 1.93 bits per heavy atom. The van der Waals surface area contributed by atoms with Gasteiger partial charge in [0.2, 0.25) is 0 Å². The minimum atomic E-state index is 0.298. The van der Waals surface area contributed by atoms with Gasteiger partial charge in [0, 0.05) is 25.9 Å². The molecule has 3 heteroatoms. The predicted molar refractivity (Wildman–Crippen MR) is 59.2 cm³/mol. The fraction of sp³-hybridized carbons (Fsp3) is 0.417. The molecule has 1 fully saturated rings. The maximum absolute atomic E-state index is 11.3. The molecule has 0 unspecified atom stereocenters. The number of carbonyl (C=O) groups is 1. The fourth-order valence-corrected chi connectivity index (χ4v) is 1.94. The summed E-state index contributed by atoms with van der Waals surface area (Å²) in [7, 11) is 0. The van der Waals surface area contributed by atoms with Gasteiger partial charge in [0.05, 0.1) is 5.69 Å². The van der Waals surface area contributed by atoms with Crippen LogP contribution in [0.15, 0.2) is 24.3 Å². The van der Waals surface area contributed by atoms with Crippen LogP contribution in [0.4, 0.5) is 5.69 Å². The number of nitrogens with zero attached hydrogens (tertiary/aromatic N) is 1. The Morgan fingerprint density at radius 1 is 1.13 bits per heavy atom. The SMILES string of the molecule is O=C1CCCN(c2ccccc2O)CC1. The average molecular weight is 205 g/mol. The third kappa shape index (κ3) is 2.29. The highest BCUT2D eigenvalue weighted by molar-refractivity contribution is 5.79. The fourth-order valence-electron chi connectivity index (χ4n) is 1.94. The molecule has 0 amide bonds. The molecule has 1 aliphatic heterocycles. The van der Waals surface area contributed by atoms with E-state index in [-0.39, 0.29) is 0 Å². The Bertz CT molecular complexity index is 362. The van der Waals surface area contributed by atoms with Crippen LogP contribution in [-0.4, -0.2) is 24.0 Å². The first kappa shape index (κ1) is 10.0. The zero-order chi connectivity index (χ0) is 10.7. The number of benzene rings is 1. The number of aromatic hydroxyl groups is 1.